The van der Waals surface area contributed by atoms with Crippen LogP contribution in [0.25, 0.3) is 0 Å². The van der Waals surface area contributed by atoms with E-state index in [1.54, 1.807) is 7.11 Å². The largest absolute Gasteiger partial charge is 0.454 e. The van der Waals surface area contributed by atoms with Gasteiger partial charge in [0, 0.05) is 33.3 Å². The lowest BCUT2D eigenvalue weighted by atomic mass is 10.2. The highest BCUT2D eigenvalue weighted by Gasteiger charge is 2.17. The number of hydrogen-bond donors (Lipinski definition) is 1. The Morgan fingerprint density at radius 2 is 2.20 bits per heavy atom. The minimum absolute atomic E-state index is 0.301. The van der Waals surface area contributed by atoms with Gasteiger partial charge in [0.15, 0.2) is 11.5 Å². The van der Waals surface area contributed by atoms with Gasteiger partial charge in [-0.05, 0) is 40.7 Å². The molecule has 5 nitrogen and oxygen atoms in total. The summed E-state index contributed by atoms with van der Waals surface area (Å²) in [6, 6.07) is 4.09. The molecule has 6 heteroatoms. The zero-order chi connectivity index (χ0) is 14.4. The first-order valence-corrected chi connectivity index (χ1v) is 7.46. The lowest BCUT2D eigenvalue weighted by molar-refractivity contribution is 0.161. The van der Waals surface area contributed by atoms with Crippen molar-refractivity contribution in [1.82, 2.24) is 10.2 Å². The number of benzene rings is 1. The predicted octanol–water partition coefficient (Wildman–Crippen LogP) is 1.85. The minimum atomic E-state index is 0.301. The number of nitrogens with one attached hydrogen (secondary N) is 1. The normalized spacial score (nSPS) is 13.2. The number of fused-ring (bicyclic) bond motifs is 1. The summed E-state index contributed by atoms with van der Waals surface area (Å²) in [6.07, 6.45) is 0. The molecule has 112 valence electrons. The molecule has 0 saturated heterocycles. The quantitative estimate of drug-likeness (QED) is 0.729. The predicted molar refractivity (Wildman–Crippen MR) is 81.3 cm³/mol. The van der Waals surface area contributed by atoms with Gasteiger partial charge in [0.1, 0.15) is 0 Å². The van der Waals surface area contributed by atoms with Crippen LogP contribution >= 0.6 is 15.9 Å². The average Bonchev–Trinajstić information content (AvgIpc) is 2.90. The Bertz CT molecular complexity index is 443. The third-order valence-corrected chi connectivity index (χ3v) is 3.75. The summed E-state index contributed by atoms with van der Waals surface area (Å²) < 4.78 is 16.8. The van der Waals surface area contributed by atoms with Crippen LogP contribution in [0.1, 0.15) is 5.56 Å². The minimum Gasteiger partial charge on any atom is -0.454 e. The molecule has 0 radical (unpaired) electrons. The van der Waals surface area contributed by atoms with Crippen molar-refractivity contribution < 1.29 is 14.2 Å². The van der Waals surface area contributed by atoms with Gasteiger partial charge in [-0.3, -0.25) is 0 Å². The lowest BCUT2D eigenvalue weighted by Gasteiger charge is -2.16. The van der Waals surface area contributed by atoms with Crippen molar-refractivity contribution in [2.45, 2.75) is 6.54 Å². The van der Waals surface area contributed by atoms with Crippen molar-refractivity contribution in [3.63, 3.8) is 0 Å². The summed E-state index contributed by atoms with van der Waals surface area (Å²) in [7, 11) is 3.82. The maximum Gasteiger partial charge on any atom is 0.231 e. The molecule has 0 aliphatic carbocycles. The SMILES string of the molecule is COCCN(C)CCNCc1cc(Br)c2c(c1)OCO2. The van der Waals surface area contributed by atoms with Crippen molar-refractivity contribution in [2.24, 2.45) is 0 Å². The zero-order valence-corrected chi connectivity index (χ0v) is 13.5. The standard InChI is InChI=1S/C14H21BrN2O3/c1-17(5-6-18-2)4-3-16-9-11-7-12(15)14-13(8-11)19-10-20-14/h7-8,16H,3-6,9-10H2,1-2H3. The molecule has 0 spiro atoms. The van der Waals surface area contributed by atoms with E-state index in [1.807, 2.05) is 6.07 Å². The molecule has 0 amide bonds. The van der Waals surface area contributed by atoms with Crippen molar-refractivity contribution >= 4 is 15.9 Å². The van der Waals surface area contributed by atoms with Gasteiger partial charge in [-0.1, -0.05) is 0 Å². The van der Waals surface area contributed by atoms with E-state index in [0.29, 0.717) is 6.79 Å². The molecule has 0 fully saturated rings. The molecule has 1 N–H and O–H groups in total. The zero-order valence-electron chi connectivity index (χ0n) is 11.9. The molecular formula is C14H21BrN2O3. The van der Waals surface area contributed by atoms with Gasteiger partial charge >= 0.3 is 0 Å². The Kier molecular flexibility index (Phi) is 6.09. The molecule has 0 atom stereocenters. The van der Waals surface area contributed by atoms with Gasteiger partial charge in [-0.2, -0.15) is 0 Å². The molecule has 0 unspecified atom stereocenters. The second-order valence-electron chi connectivity index (χ2n) is 4.78. The van der Waals surface area contributed by atoms with Crippen LogP contribution in [-0.4, -0.2) is 52.1 Å². The van der Waals surface area contributed by atoms with Crippen LogP contribution in [0, 0.1) is 0 Å². The topological polar surface area (TPSA) is 43.0 Å². The number of methoxy groups -OCH3 is 1. The van der Waals surface area contributed by atoms with Crippen molar-refractivity contribution in [2.75, 3.05) is 47.2 Å². The third-order valence-electron chi connectivity index (χ3n) is 3.16. The highest BCUT2D eigenvalue weighted by Crippen LogP contribution is 2.39. The first-order valence-electron chi connectivity index (χ1n) is 6.67. The van der Waals surface area contributed by atoms with Crippen LogP contribution in [-0.2, 0) is 11.3 Å². The van der Waals surface area contributed by atoms with Gasteiger partial charge in [0.05, 0.1) is 11.1 Å². The number of nitrogens with zero attached hydrogens (tertiary/aromatic N) is 1. The molecule has 0 bridgehead atoms. The second kappa shape index (κ2) is 7.83. The van der Waals surface area contributed by atoms with Gasteiger partial charge in [-0.15, -0.1) is 0 Å². The molecular weight excluding hydrogens is 324 g/mol. The average molecular weight is 345 g/mol. The summed E-state index contributed by atoms with van der Waals surface area (Å²) in [5, 5.41) is 3.43. The molecule has 1 aliphatic rings. The summed E-state index contributed by atoms with van der Waals surface area (Å²) in [5.41, 5.74) is 1.18. The Hall–Kier alpha value is -0.820. The van der Waals surface area contributed by atoms with Crippen molar-refractivity contribution in [3.05, 3.63) is 22.2 Å². The van der Waals surface area contributed by atoms with E-state index >= 15 is 0 Å². The third kappa shape index (κ3) is 4.34. The molecule has 1 aliphatic heterocycles. The van der Waals surface area contributed by atoms with E-state index in [1.165, 1.54) is 5.56 Å². The Morgan fingerprint density at radius 3 is 3.00 bits per heavy atom. The summed E-state index contributed by atoms with van der Waals surface area (Å²) in [6.45, 7) is 4.77. The molecule has 0 saturated carbocycles. The van der Waals surface area contributed by atoms with E-state index in [0.717, 1.165) is 48.8 Å². The van der Waals surface area contributed by atoms with Crippen LogP contribution in [0.2, 0.25) is 0 Å². The van der Waals surface area contributed by atoms with Crippen LogP contribution in [0.5, 0.6) is 11.5 Å². The molecule has 20 heavy (non-hydrogen) atoms. The molecule has 1 aromatic carbocycles. The first-order chi connectivity index (χ1) is 9.70. The van der Waals surface area contributed by atoms with E-state index < -0.39 is 0 Å². The highest BCUT2D eigenvalue weighted by atomic mass is 79.9. The van der Waals surface area contributed by atoms with Crippen LogP contribution < -0.4 is 14.8 Å². The van der Waals surface area contributed by atoms with Gasteiger partial charge in [0.2, 0.25) is 6.79 Å². The number of hydrogen-bond acceptors (Lipinski definition) is 5. The summed E-state index contributed by atoms with van der Waals surface area (Å²) in [4.78, 5) is 2.24. The number of ether oxygens (including phenoxy) is 3. The summed E-state index contributed by atoms with van der Waals surface area (Å²) >= 11 is 3.50. The molecule has 0 aromatic heterocycles. The van der Waals surface area contributed by atoms with E-state index in [9.17, 15) is 0 Å². The fourth-order valence-electron chi connectivity index (χ4n) is 1.98. The van der Waals surface area contributed by atoms with Crippen molar-refractivity contribution in [1.29, 1.82) is 0 Å². The molecule has 1 aromatic rings. The number of likely N-dealkylation sites (N-methyl/N-ethyl adjacent to an activating group) is 1. The molecule has 1 heterocycles. The molecule has 2 rings (SSSR count). The Balaban J connectivity index is 1.73. The highest BCUT2D eigenvalue weighted by molar-refractivity contribution is 9.10. The van der Waals surface area contributed by atoms with Crippen LogP contribution in [0.15, 0.2) is 16.6 Å². The second-order valence-corrected chi connectivity index (χ2v) is 5.64. The van der Waals surface area contributed by atoms with Crippen LogP contribution in [0.4, 0.5) is 0 Å². The lowest BCUT2D eigenvalue weighted by Crippen LogP contribution is -2.31. The fourth-order valence-corrected chi connectivity index (χ4v) is 2.59. The van der Waals surface area contributed by atoms with Gasteiger partial charge < -0.3 is 24.4 Å². The first kappa shape index (κ1) is 15.6. The number of halogens is 1. The van der Waals surface area contributed by atoms with E-state index in [-0.39, 0.29) is 0 Å². The number of rotatable bonds is 8. The van der Waals surface area contributed by atoms with Gasteiger partial charge in [-0.25, -0.2) is 0 Å². The maximum absolute atomic E-state index is 5.41. The Morgan fingerprint density at radius 1 is 1.35 bits per heavy atom. The fraction of sp³-hybridized carbons (Fsp3) is 0.571. The van der Waals surface area contributed by atoms with Gasteiger partial charge in [0.25, 0.3) is 0 Å². The Labute approximate surface area is 128 Å². The van der Waals surface area contributed by atoms with Crippen LogP contribution in [0.3, 0.4) is 0 Å². The maximum atomic E-state index is 5.41. The van der Waals surface area contributed by atoms with E-state index in [4.69, 9.17) is 14.2 Å². The smallest absolute Gasteiger partial charge is 0.231 e. The monoisotopic (exact) mass is 344 g/mol. The van der Waals surface area contributed by atoms with E-state index in [2.05, 4.69) is 39.3 Å². The van der Waals surface area contributed by atoms with Crippen molar-refractivity contribution in [3.8, 4) is 11.5 Å². The summed E-state index contributed by atoms with van der Waals surface area (Å²) in [5.74, 6) is 1.61.